The molecule has 220 valence electrons. The number of hydrogen-bond acceptors (Lipinski definition) is 8. The summed E-state index contributed by atoms with van der Waals surface area (Å²) >= 11 is 0. The number of rotatable bonds is 12. The average molecular weight is 583 g/mol. The zero-order valence-electron chi connectivity index (χ0n) is 23.5. The van der Waals surface area contributed by atoms with Crippen molar-refractivity contribution in [2.24, 2.45) is 10.2 Å². The van der Waals surface area contributed by atoms with Gasteiger partial charge in [0.2, 0.25) is 11.8 Å². The first-order valence-corrected chi connectivity index (χ1v) is 13.4. The Bertz CT molecular complexity index is 1520. The molecule has 0 aliphatic carbocycles. The van der Waals surface area contributed by atoms with Gasteiger partial charge in [-0.1, -0.05) is 24.3 Å². The normalized spacial score (nSPS) is 11.5. The van der Waals surface area contributed by atoms with Crippen LogP contribution in [0.2, 0.25) is 0 Å². The summed E-state index contributed by atoms with van der Waals surface area (Å²) in [5.74, 6) is -1.06. The van der Waals surface area contributed by atoms with Crippen LogP contribution in [-0.4, -0.2) is 35.1 Å². The Kier molecular flexibility index (Phi) is 10.3. The molecule has 0 radical (unpaired) electrons. The van der Waals surface area contributed by atoms with Crippen LogP contribution < -0.4 is 21.5 Å². The molecular formula is C31H30N6O6. The van der Waals surface area contributed by atoms with E-state index in [-0.39, 0.29) is 48.0 Å². The minimum absolute atomic E-state index is 0.0869. The average Bonchev–Trinajstić information content (AvgIpc) is 3.74. The van der Waals surface area contributed by atoms with Gasteiger partial charge in [0.25, 0.3) is 11.8 Å². The number of carbonyl (C=O) groups is 4. The highest BCUT2D eigenvalue weighted by Crippen LogP contribution is 2.15. The zero-order chi connectivity index (χ0) is 30.6. The van der Waals surface area contributed by atoms with Crippen LogP contribution in [0.1, 0.15) is 65.3 Å². The first-order valence-electron chi connectivity index (χ1n) is 13.4. The molecule has 0 spiro atoms. The van der Waals surface area contributed by atoms with Gasteiger partial charge in [-0.25, -0.2) is 10.9 Å². The van der Waals surface area contributed by atoms with Gasteiger partial charge in [0, 0.05) is 24.2 Å². The summed E-state index contributed by atoms with van der Waals surface area (Å²) in [6.45, 7) is 3.45. The Hall–Kier alpha value is -5.78. The van der Waals surface area contributed by atoms with Crippen molar-refractivity contribution in [3.05, 3.63) is 108 Å². The third kappa shape index (κ3) is 9.11. The van der Waals surface area contributed by atoms with Gasteiger partial charge in [0.15, 0.2) is 11.5 Å². The van der Waals surface area contributed by atoms with Crippen LogP contribution in [0.3, 0.4) is 0 Å². The number of carbonyl (C=O) groups excluding carboxylic acids is 4. The van der Waals surface area contributed by atoms with E-state index < -0.39 is 0 Å². The lowest BCUT2D eigenvalue weighted by molar-refractivity contribution is -0.122. The first-order chi connectivity index (χ1) is 20.8. The molecule has 12 heteroatoms. The fraction of sp³-hybridized carbons (Fsp3) is 0.161. The molecule has 2 heterocycles. The molecule has 4 N–H and O–H groups in total. The van der Waals surface area contributed by atoms with Crippen LogP contribution in [0.5, 0.6) is 0 Å². The van der Waals surface area contributed by atoms with E-state index in [1.807, 2.05) is 0 Å². The van der Waals surface area contributed by atoms with Crippen molar-refractivity contribution in [1.82, 2.24) is 10.9 Å². The third-order valence-electron chi connectivity index (χ3n) is 6.07. The summed E-state index contributed by atoms with van der Waals surface area (Å²) in [7, 11) is 0. The van der Waals surface area contributed by atoms with E-state index in [2.05, 4.69) is 31.7 Å². The molecule has 0 saturated heterocycles. The highest BCUT2D eigenvalue weighted by atomic mass is 16.3. The van der Waals surface area contributed by atoms with E-state index in [0.717, 1.165) is 0 Å². The van der Waals surface area contributed by atoms with Gasteiger partial charge < -0.3 is 19.5 Å². The summed E-state index contributed by atoms with van der Waals surface area (Å²) in [4.78, 5) is 48.9. The number of anilines is 2. The molecule has 0 saturated carbocycles. The second kappa shape index (κ2) is 14.7. The van der Waals surface area contributed by atoms with Crippen molar-refractivity contribution in [3.63, 3.8) is 0 Å². The largest absolute Gasteiger partial charge is 0.459 e. The molecular weight excluding hydrogens is 552 g/mol. The summed E-state index contributed by atoms with van der Waals surface area (Å²) in [6.07, 6.45) is 3.31. The van der Waals surface area contributed by atoms with E-state index in [1.165, 1.54) is 12.5 Å². The summed E-state index contributed by atoms with van der Waals surface area (Å²) < 4.78 is 10.2. The predicted molar refractivity (Wildman–Crippen MR) is 161 cm³/mol. The Balaban J connectivity index is 1.19. The lowest BCUT2D eigenvalue weighted by Gasteiger charge is -2.07. The molecule has 4 aromatic rings. The van der Waals surface area contributed by atoms with Gasteiger partial charge in [-0.15, -0.1) is 0 Å². The molecule has 4 rings (SSSR count). The number of hydrazone groups is 2. The Morgan fingerprint density at radius 2 is 1.07 bits per heavy atom. The maximum atomic E-state index is 12.3. The molecule has 0 bridgehead atoms. The van der Waals surface area contributed by atoms with Crippen molar-refractivity contribution >= 4 is 46.4 Å². The minimum Gasteiger partial charge on any atom is -0.459 e. The highest BCUT2D eigenvalue weighted by molar-refractivity contribution is 6.05. The summed E-state index contributed by atoms with van der Waals surface area (Å²) in [5, 5.41) is 13.7. The molecule has 0 atom stereocenters. The lowest BCUT2D eigenvalue weighted by atomic mass is 10.1. The number of nitrogens with one attached hydrogen (secondary N) is 4. The molecule has 12 nitrogen and oxygen atoms in total. The van der Waals surface area contributed by atoms with Crippen LogP contribution in [-0.2, 0) is 9.59 Å². The first kappa shape index (κ1) is 30.2. The van der Waals surface area contributed by atoms with Crippen LogP contribution in [0.15, 0.2) is 104 Å². The second-order valence-corrected chi connectivity index (χ2v) is 9.34. The molecule has 0 aliphatic heterocycles. The zero-order valence-corrected chi connectivity index (χ0v) is 23.5. The van der Waals surface area contributed by atoms with E-state index in [4.69, 9.17) is 8.83 Å². The van der Waals surface area contributed by atoms with Gasteiger partial charge in [0.05, 0.1) is 23.9 Å². The van der Waals surface area contributed by atoms with Crippen molar-refractivity contribution in [2.45, 2.75) is 33.1 Å². The Morgan fingerprint density at radius 3 is 1.47 bits per heavy atom. The lowest BCUT2D eigenvalue weighted by Crippen LogP contribution is -2.22. The Morgan fingerprint density at radius 1 is 0.628 bits per heavy atom. The number of furan rings is 2. The Labute approximate surface area is 247 Å². The van der Waals surface area contributed by atoms with E-state index >= 15 is 0 Å². The fourth-order valence-corrected chi connectivity index (χ4v) is 3.79. The molecule has 0 fully saturated rings. The molecule has 2 aromatic carbocycles. The molecule has 43 heavy (non-hydrogen) atoms. The standard InChI is InChI=1S/C31H30N6O6/c1-20(22-8-3-10-24(18-22)32-30(40)26-12-6-16-42-26)34-36-28(38)14-5-15-29(39)37-35-21(2)23-9-4-11-25(19-23)33-31(41)27-13-7-17-43-27/h3-4,6-13,16-19H,5,14-15H2,1-2H3,(H,32,40)(H,33,41)(H,36,38)(H,37,39)/b34-20+,35-21+. The maximum absolute atomic E-state index is 12.3. The molecule has 0 aliphatic rings. The number of hydrogen-bond donors (Lipinski definition) is 4. The smallest absolute Gasteiger partial charge is 0.291 e. The van der Waals surface area contributed by atoms with Crippen LogP contribution in [0, 0.1) is 0 Å². The highest BCUT2D eigenvalue weighted by Gasteiger charge is 2.11. The van der Waals surface area contributed by atoms with Gasteiger partial charge in [0.1, 0.15) is 0 Å². The summed E-state index contributed by atoms with van der Waals surface area (Å²) in [5.41, 5.74) is 8.56. The van der Waals surface area contributed by atoms with Crippen molar-refractivity contribution in [1.29, 1.82) is 0 Å². The van der Waals surface area contributed by atoms with Gasteiger partial charge in [-0.05, 0) is 79.9 Å². The molecule has 0 unspecified atom stereocenters. The fourth-order valence-electron chi connectivity index (χ4n) is 3.79. The SMILES string of the molecule is C/C(=N\NC(=O)CCCC(=O)N/N=C(\C)c1cccc(NC(=O)c2ccco2)c1)c1cccc(NC(=O)c2ccco2)c1. The minimum atomic E-state index is -0.379. The van der Waals surface area contributed by atoms with Gasteiger partial charge in [-0.2, -0.15) is 10.2 Å². The number of nitrogens with zero attached hydrogens (tertiary/aromatic N) is 2. The van der Waals surface area contributed by atoms with Crippen LogP contribution in [0.25, 0.3) is 0 Å². The van der Waals surface area contributed by atoms with Crippen LogP contribution in [0.4, 0.5) is 11.4 Å². The van der Waals surface area contributed by atoms with Crippen molar-refractivity contribution in [2.75, 3.05) is 10.6 Å². The third-order valence-corrected chi connectivity index (χ3v) is 6.07. The quantitative estimate of drug-likeness (QED) is 0.136. The predicted octanol–water partition coefficient (Wildman–Crippen LogP) is 4.93. The van der Waals surface area contributed by atoms with E-state index in [9.17, 15) is 19.2 Å². The second-order valence-electron chi connectivity index (χ2n) is 9.34. The van der Waals surface area contributed by atoms with Gasteiger partial charge >= 0.3 is 0 Å². The summed E-state index contributed by atoms with van der Waals surface area (Å²) in [6, 6.07) is 20.4. The monoisotopic (exact) mass is 582 g/mol. The van der Waals surface area contributed by atoms with E-state index in [1.54, 1.807) is 86.6 Å². The topological polar surface area (TPSA) is 167 Å². The number of benzene rings is 2. The molecule has 4 amide bonds. The van der Waals surface area contributed by atoms with E-state index in [0.29, 0.717) is 40.3 Å². The molecule has 2 aromatic heterocycles. The van der Waals surface area contributed by atoms with Crippen molar-refractivity contribution < 1.29 is 28.0 Å². The number of amides is 4. The van der Waals surface area contributed by atoms with Crippen molar-refractivity contribution in [3.8, 4) is 0 Å². The van der Waals surface area contributed by atoms with Gasteiger partial charge in [-0.3, -0.25) is 19.2 Å². The maximum Gasteiger partial charge on any atom is 0.291 e. The van der Waals surface area contributed by atoms with Crippen LogP contribution >= 0.6 is 0 Å².